The lowest BCUT2D eigenvalue weighted by Gasteiger charge is -2.17. The van der Waals surface area contributed by atoms with E-state index in [1.54, 1.807) is 6.20 Å². The number of aromatic nitrogens is 1. The van der Waals surface area contributed by atoms with Crippen molar-refractivity contribution in [1.82, 2.24) is 10.3 Å². The van der Waals surface area contributed by atoms with Crippen LogP contribution >= 0.6 is 0 Å². The molecule has 0 bridgehead atoms. The molecule has 5 nitrogen and oxygen atoms in total. The SMILES string of the molecule is N#CCC(=O)NC1CCN(c2ccccn2)C1. The van der Waals surface area contributed by atoms with E-state index in [1.165, 1.54) is 0 Å². The molecule has 1 aromatic heterocycles. The summed E-state index contributed by atoms with van der Waals surface area (Å²) in [5.74, 6) is 0.741. The molecule has 0 aliphatic carbocycles. The van der Waals surface area contributed by atoms with Crippen LogP contribution in [0.15, 0.2) is 24.4 Å². The molecule has 0 radical (unpaired) electrons. The number of anilines is 1. The number of carbonyl (C=O) groups is 1. The van der Waals surface area contributed by atoms with Crippen LogP contribution < -0.4 is 10.2 Å². The summed E-state index contributed by atoms with van der Waals surface area (Å²) in [6, 6.07) is 7.76. The lowest BCUT2D eigenvalue weighted by molar-refractivity contribution is -0.120. The van der Waals surface area contributed by atoms with Crippen LogP contribution in [-0.2, 0) is 4.79 Å². The molecule has 1 saturated heterocycles. The summed E-state index contributed by atoms with van der Waals surface area (Å²) in [5.41, 5.74) is 0. The van der Waals surface area contributed by atoms with E-state index in [-0.39, 0.29) is 18.4 Å². The predicted molar refractivity (Wildman–Crippen MR) is 63.2 cm³/mol. The zero-order valence-corrected chi connectivity index (χ0v) is 9.47. The molecule has 1 aromatic rings. The number of nitrogens with zero attached hydrogens (tertiary/aromatic N) is 3. The van der Waals surface area contributed by atoms with E-state index in [9.17, 15) is 4.79 Å². The molecule has 2 rings (SSSR count). The average Bonchev–Trinajstić information content (AvgIpc) is 2.79. The molecule has 17 heavy (non-hydrogen) atoms. The fourth-order valence-electron chi connectivity index (χ4n) is 1.98. The van der Waals surface area contributed by atoms with Gasteiger partial charge in [-0.25, -0.2) is 4.98 Å². The Morgan fingerprint density at radius 1 is 1.65 bits per heavy atom. The Labute approximate surface area is 100 Å². The van der Waals surface area contributed by atoms with Gasteiger partial charge in [0.25, 0.3) is 0 Å². The fourth-order valence-corrected chi connectivity index (χ4v) is 1.98. The minimum absolute atomic E-state index is 0.0694. The molecule has 1 aliphatic rings. The monoisotopic (exact) mass is 230 g/mol. The number of nitrogens with one attached hydrogen (secondary N) is 1. The summed E-state index contributed by atoms with van der Waals surface area (Å²) >= 11 is 0. The first-order valence-electron chi connectivity index (χ1n) is 5.62. The Morgan fingerprint density at radius 2 is 2.53 bits per heavy atom. The van der Waals surface area contributed by atoms with Gasteiger partial charge in [0, 0.05) is 25.3 Å². The van der Waals surface area contributed by atoms with Gasteiger partial charge >= 0.3 is 0 Å². The van der Waals surface area contributed by atoms with Crippen LogP contribution in [-0.4, -0.2) is 30.0 Å². The Kier molecular flexibility index (Phi) is 3.55. The smallest absolute Gasteiger partial charge is 0.234 e. The highest BCUT2D eigenvalue weighted by Gasteiger charge is 2.24. The maximum atomic E-state index is 11.3. The quantitative estimate of drug-likeness (QED) is 0.829. The first kappa shape index (κ1) is 11.4. The second kappa shape index (κ2) is 5.30. The van der Waals surface area contributed by atoms with E-state index in [4.69, 9.17) is 5.26 Å². The molecule has 0 saturated carbocycles. The van der Waals surface area contributed by atoms with E-state index in [1.807, 2.05) is 24.3 Å². The van der Waals surface area contributed by atoms with Gasteiger partial charge in [-0.1, -0.05) is 6.07 Å². The van der Waals surface area contributed by atoms with Crippen LogP contribution in [0.1, 0.15) is 12.8 Å². The van der Waals surface area contributed by atoms with Crippen molar-refractivity contribution in [2.45, 2.75) is 18.9 Å². The second-order valence-corrected chi connectivity index (χ2v) is 4.02. The Morgan fingerprint density at radius 3 is 3.24 bits per heavy atom. The molecule has 0 spiro atoms. The van der Waals surface area contributed by atoms with Crippen molar-refractivity contribution in [2.24, 2.45) is 0 Å². The molecular weight excluding hydrogens is 216 g/mol. The van der Waals surface area contributed by atoms with Gasteiger partial charge in [0.15, 0.2) is 0 Å². The van der Waals surface area contributed by atoms with Crippen LogP contribution in [0.25, 0.3) is 0 Å². The fraction of sp³-hybridized carbons (Fsp3) is 0.417. The number of hydrogen-bond acceptors (Lipinski definition) is 4. The Balaban J connectivity index is 1.88. The van der Waals surface area contributed by atoms with Crippen molar-refractivity contribution in [3.63, 3.8) is 0 Å². The standard InChI is InChI=1S/C12H14N4O/c13-6-4-12(17)15-10-5-8-16(9-10)11-3-1-2-7-14-11/h1-3,7,10H,4-5,8-9H2,(H,15,17). The first-order valence-corrected chi connectivity index (χ1v) is 5.62. The molecule has 1 unspecified atom stereocenters. The molecule has 88 valence electrons. The zero-order valence-electron chi connectivity index (χ0n) is 9.47. The van der Waals surface area contributed by atoms with E-state index < -0.39 is 0 Å². The van der Waals surface area contributed by atoms with Gasteiger partial charge in [-0.3, -0.25) is 4.79 Å². The summed E-state index contributed by atoms with van der Waals surface area (Å²) in [6.07, 6.45) is 2.59. The average molecular weight is 230 g/mol. The van der Waals surface area contributed by atoms with Crippen molar-refractivity contribution in [1.29, 1.82) is 5.26 Å². The van der Waals surface area contributed by atoms with Gasteiger partial charge in [0.2, 0.25) is 5.91 Å². The largest absolute Gasteiger partial charge is 0.354 e. The molecule has 1 fully saturated rings. The molecule has 1 atom stereocenters. The molecular formula is C12H14N4O. The van der Waals surface area contributed by atoms with E-state index in [0.717, 1.165) is 25.3 Å². The van der Waals surface area contributed by atoms with Gasteiger partial charge in [-0.2, -0.15) is 5.26 Å². The lowest BCUT2D eigenvalue weighted by atomic mass is 10.2. The number of nitriles is 1. The molecule has 1 aliphatic heterocycles. The topological polar surface area (TPSA) is 69.0 Å². The Bertz CT molecular complexity index is 426. The van der Waals surface area contributed by atoms with E-state index in [0.29, 0.717) is 0 Å². The number of pyridine rings is 1. The van der Waals surface area contributed by atoms with Gasteiger partial charge < -0.3 is 10.2 Å². The van der Waals surface area contributed by atoms with Crippen LogP contribution in [0.2, 0.25) is 0 Å². The minimum Gasteiger partial charge on any atom is -0.354 e. The van der Waals surface area contributed by atoms with Crippen LogP contribution in [0, 0.1) is 11.3 Å². The van der Waals surface area contributed by atoms with Crippen molar-refractivity contribution >= 4 is 11.7 Å². The van der Waals surface area contributed by atoms with Crippen molar-refractivity contribution < 1.29 is 4.79 Å². The molecule has 2 heterocycles. The molecule has 0 aromatic carbocycles. The maximum absolute atomic E-state index is 11.3. The van der Waals surface area contributed by atoms with Gasteiger partial charge in [0.05, 0.1) is 6.07 Å². The summed E-state index contributed by atoms with van der Waals surface area (Å²) in [4.78, 5) is 17.7. The van der Waals surface area contributed by atoms with Gasteiger partial charge in [-0.15, -0.1) is 0 Å². The summed E-state index contributed by atoms with van der Waals surface area (Å²) in [7, 11) is 0. The molecule has 5 heteroatoms. The van der Waals surface area contributed by atoms with Crippen molar-refractivity contribution in [3.05, 3.63) is 24.4 Å². The summed E-state index contributed by atoms with van der Waals surface area (Å²) in [6.45, 7) is 1.64. The Hall–Kier alpha value is -2.09. The first-order chi connectivity index (χ1) is 8.29. The number of amides is 1. The summed E-state index contributed by atoms with van der Waals surface area (Å²) < 4.78 is 0. The number of hydrogen-bond donors (Lipinski definition) is 1. The van der Waals surface area contributed by atoms with E-state index >= 15 is 0 Å². The predicted octanol–water partition coefficient (Wildman–Crippen LogP) is 0.690. The third-order valence-corrected chi connectivity index (χ3v) is 2.77. The van der Waals surface area contributed by atoms with Crippen LogP contribution in [0.3, 0.4) is 0 Å². The highest BCUT2D eigenvalue weighted by Crippen LogP contribution is 2.17. The highest BCUT2D eigenvalue weighted by molar-refractivity contribution is 5.78. The van der Waals surface area contributed by atoms with E-state index in [2.05, 4.69) is 15.2 Å². The van der Waals surface area contributed by atoms with Gasteiger partial charge in [-0.05, 0) is 18.6 Å². The zero-order chi connectivity index (χ0) is 12.1. The minimum atomic E-state index is -0.194. The maximum Gasteiger partial charge on any atom is 0.234 e. The third-order valence-electron chi connectivity index (χ3n) is 2.77. The third kappa shape index (κ3) is 2.94. The highest BCUT2D eigenvalue weighted by atomic mass is 16.1. The molecule has 1 N–H and O–H groups in total. The lowest BCUT2D eigenvalue weighted by Crippen LogP contribution is -2.36. The second-order valence-electron chi connectivity index (χ2n) is 4.02. The van der Waals surface area contributed by atoms with Crippen molar-refractivity contribution in [3.8, 4) is 6.07 Å². The van der Waals surface area contributed by atoms with Crippen molar-refractivity contribution in [2.75, 3.05) is 18.0 Å². The van der Waals surface area contributed by atoms with Gasteiger partial charge in [0.1, 0.15) is 12.2 Å². The normalized spacial score (nSPS) is 18.8. The number of rotatable bonds is 3. The summed E-state index contributed by atoms with van der Waals surface area (Å²) in [5, 5.41) is 11.3. The number of carbonyl (C=O) groups excluding carboxylic acids is 1. The molecule has 1 amide bonds. The van der Waals surface area contributed by atoms with Crippen LogP contribution in [0.5, 0.6) is 0 Å². The van der Waals surface area contributed by atoms with Crippen LogP contribution in [0.4, 0.5) is 5.82 Å².